The van der Waals surface area contributed by atoms with E-state index in [4.69, 9.17) is 10.5 Å². The number of ether oxygens (including phenoxy) is 1. The van der Waals surface area contributed by atoms with Crippen molar-refractivity contribution in [2.75, 3.05) is 26.3 Å². The van der Waals surface area contributed by atoms with Crippen LogP contribution in [0.3, 0.4) is 0 Å². The molecule has 0 saturated carbocycles. The Bertz CT molecular complexity index is 453. The van der Waals surface area contributed by atoms with Crippen LogP contribution in [0, 0.1) is 0 Å². The number of carbonyl (C=O) groups is 1. The van der Waals surface area contributed by atoms with Crippen molar-refractivity contribution < 1.29 is 9.53 Å². The first-order chi connectivity index (χ1) is 9.76. The van der Waals surface area contributed by atoms with Crippen LogP contribution in [0.25, 0.3) is 0 Å². The van der Waals surface area contributed by atoms with Gasteiger partial charge in [-0.15, -0.1) is 0 Å². The van der Waals surface area contributed by atoms with Crippen LogP contribution in [0.1, 0.15) is 18.2 Å². The first-order valence-corrected chi connectivity index (χ1v) is 6.98. The second-order valence-electron chi connectivity index (χ2n) is 4.77. The highest BCUT2D eigenvalue weighted by Crippen LogP contribution is 2.14. The third-order valence-electron chi connectivity index (χ3n) is 3.44. The molecular weight excluding hydrogens is 256 g/mol. The average Bonchev–Trinajstić information content (AvgIpc) is 2.48. The van der Waals surface area contributed by atoms with Crippen LogP contribution in [-0.2, 0) is 22.6 Å². The van der Waals surface area contributed by atoms with Gasteiger partial charge in [0.2, 0.25) is 5.91 Å². The number of nitrogens with one attached hydrogen (secondary N) is 1. The Balaban J connectivity index is 2.10. The lowest BCUT2D eigenvalue weighted by molar-refractivity contribution is -0.132. The molecule has 0 bridgehead atoms. The molecule has 0 aliphatic carbocycles. The normalized spacial score (nSPS) is 19.8. The number of rotatable bonds is 5. The summed E-state index contributed by atoms with van der Waals surface area (Å²) in [5, 5.41) is 2.86. The molecule has 2 heterocycles. The number of nitrogens with zero attached hydrogens (tertiary/aromatic N) is 2. The zero-order chi connectivity index (χ0) is 14.4. The highest BCUT2D eigenvalue weighted by atomic mass is 16.5. The molecule has 3 N–H and O–H groups in total. The van der Waals surface area contributed by atoms with Crippen molar-refractivity contribution in [2.45, 2.75) is 26.1 Å². The molecule has 2 rings (SSSR count). The summed E-state index contributed by atoms with van der Waals surface area (Å²) in [6.45, 7) is 5.44. The minimum Gasteiger partial charge on any atom is -0.378 e. The second kappa shape index (κ2) is 7.33. The number of likely N-dealkylation sites (N-methyl/N-ethyl adjacent to an activating group) is 1. The molecule has 1 saturated heterocycles. The van der Waals surface area contributed by atoms with Crippen molar-refractivity contribution in [1.29, 1.82) is 0 Å². The fourth-order valence-corrected chi connectivity index (χ4v) is 2.38. The molecule has 0 radical (unpaired) electrons. The number of hydrogen-bond acceptors (Lipinski definition) is 5. The molecule has 1 aliphatic heterocycles. The molecule has 6 nitrogen and oxygen atoms in total. The molecule has 1 aromatic rings. The Hall–Kier alpha value is -1.50. The van der Waals surface area contributed by atoms with E-state index in [-0.39, 0.29) is 11.9 Å². The maximum Gasteiger partial charge on any atom is 0.239 e. The zero-order valence-electron chi connectivity index (χ0n) is 11.8. The van der Waals surface area contributed by atoms with Gasteiger partial charge in [0, 0.05) is 32.4 Å². The lowest BCUT2D eigenvalue weighted by atomic mass is 10.1. The maximum atomic E-state index is 12.1. The molecule has 1 amide bonds. The molecule has 6 heteroatoms. The molecule has 0 spiro atoms. The number of carbonyl (C=O) groups excluding carboxylic acids is 1. The highest BCUT2D eigenvalue weighted by Gasteiger charge is 2.29. The van der Waals surface area contributed by atoms with Crippen molar-refractivity contribution in [1.82, 2.24) is 15.2 Å². The van der Waals surface area contributed by atoms with Gasteiger partial charge in [0.25, 0.3) is 0 Å². The van der Waals surface area contributed by atoms with Gasteiger partial charge in [-0.25, -0.2) is 0 Å². The zero-order valence-corrected chi connectivity index (χ0v) is 11.8. The van der Waals surface area contributed by atoms with E-state index < -0.39 is 0 Å². The molecule has 0 aromatic carbocycles. The van der Waals surface area contributed by atoms with Crippen LogP contribution in [-0.4, -0.2) is 48.1 Å². The molecular formula is C14H22N4O2. The van der Waals surface area contributed by atoms with Crippen molar-refractivity contribution in [3.05, 3.63) is 29.6 Å². The summed E-state index contributed by atoms with van der Waals surface area (Å²) < 4.78 is 5.43. The number of hydrogen-bond donors (Lipinski definition) is 2. The van der Waals surface area contributed by atoms with Crippen LogP contribution in [0.2, 0.25) is 0 Å². The van der Waals surface area contributed by atoms with Gasteiger partial charge in [-0.2, -0.15) is 0 Å². The lowest BCUT2D eigenvalue weighted by Gasteiger charge is -2.34. The largest absolute Gasteiger partial charge is 0.378 e. The predicted octanol–water partition coefficient (Wildman–Crippen LogP) is -0.123. The topological polar surface area (TPSA) is 80.5 Å². The van der Waals surface area contributed by atoms with E-state index in [1.807, 2.05) is 19.1 Å². The molecule has 20 heavy (non-hydrogen) atoms. The summed E-state index contributed by atoms with van der Waals surface area (Å²) in [6, 6.07) is 3.67. The van der Waals surface area contributed by atoms with Crippen LogP contribution in [0.4, 0.5) is 0 Å². The van der Waals surface area contributed by atoms with E-state index in [9.17, 15) is 4.79 Å². The fourth-order valence-electron chi connectivity index (χ4n) is 2.38. The van der Waals surface area contributed by atoms with Gasteiger partial charge in [0.05, 0.1) is 18.9 Å². The molecule has 1 aliphatic rings. The molecule has 1 aromatic heterocycles. The highest BCUT2D eigenvalue weighted by molar-refractivity contribution is 5.81. The Morgan fingerprint density at radius 2 is 2.50 bits per heavy atom. The molecule has 1 unspecified atom stereocenters. The Morgan fingerprint density at radius 3 is 3.25 bits per heavy atom. The quantitative estimate of drug-likeness (QED) is 0.785. The van der Waals surface area contributed by atoms with Gasteiger partial charge >= 0.3 is 0 Å². The van der Waals surface area contributed by atoms with E-state index in [1.54, 1.807) is 6.20 Å². The first-order valence-electron chi connectivity index (χ1n) is 6.98. The van der Waals surface area contributed by atoms with E-state index in [1.165, 1.54) is 0 Å². The van der Waals surface area contributed by atoms with E-state index in [2.05, 4.69) is 15.2 Å². The summed E-state index contributed by atoms with van der Waals surface area (Å²) in [5.74, 6) is 0.0189. The smallest absolute Gasteiger partial charge is 0.239 e. The van der Waals surface area contributed by atoms with Crippen molar-refractivity contribution in [3.63, 3.8) is 0 Å². The summed E-state index contributed by atoms with van der Waals surface area (Å²) in [7, 11) is 0. The maximum absolute atomic E-state index is 12.1. The Kier molecular flexibility index (Phi) is 5.46. The number of nitrogens with two attached hydrogens (primary N) is 1. The third kappa shape index (κ3) is 3.53. The number of pyridine rings is 1. The molecule has 1 atom stereocenters. The van der Waals surface area contributed by atoms with Crippen molar-refractivity contribution in [2.24, 2.45) is 5.73 Å². The molecule has 110 valence electrons. The SMILES string of the molecule is CCNC(=O)C1COCCN1Cc1cccnc1CN. The minimum absolute atomic E-state index is 0.0189. The van der Waals surface area contributed by atoms with Crippen LogP contribution in [0.15, 0.2) is 18.3 Å². The number of amides is 1. The van der Waals surface area contributed by atoms with Crippen molar-refractivity contribution in [3.8, 4) is 0 Å². The van der Waals surface area contributed by atoms with Crippen LogP contribution in [0.5, 0.6) is 0 Å². The van der Waals surface area contributed by atoms with Crippen LogP contribution < -0.4 is 11.1 Å². The second-order valence-corrected chi connectivity index (χ2v) is 4.77. The minimum atomic E-state index is -0.241. The van der Waals surface area contributed by atoms with Gasteiger partial charge < -0.3 is 15.8 Å². The number of aromatic nitrogens is 1. The summed E-state index contributed by atoms with van der Waals surface area (Å²) in [5.41, 5.74) is 7.67. The summed E-state index contributed by atoms with van der Waals surface area (Å²) in [6.07, 6.45) is 1.74. The van der Waals surface area contributed by atoms with E-state index in [0.29, 0.717) is 32.8 Å². The fraction of sp³-hybridized carbons (Fsp3) is 0.571. The predicted molar refractivity (Wildman–Crippen MR) is 75.8 cm³/mol. The third-order valence-corrected chi connectivity index (χ3v) is 3.44. The first kappa shape index (κ1) is 14.9. The van der Waals surface area contributed by atoms with E-state index >= 15 is 0 Å². The summed E-state index contributed by atoms with van der Waals surface area (Å²) in [4.78, 5) is 18.5. The van der Waals surface area contributed by atoms with Gasteiger partial charge in [0.15, 0.2) is 0 Å². The molecule has 1 fully saturated rings. The van der Waals surface area contributed by atoms with Gasteiger partial charge in [-0.1, -0.05) is 6.07 Å². The van der Waals surface area contributed by atoms with E-state index in [0.717, 1.165) is 17.8 Å². The van der Waals surface area contributed by atoms with Crippen molar-refractivity contribution >= 4 is 5.91 Å². The lowest BCUT2D eigenvalue weighted by Crippen LogP contribution is -2.53. The number of morpholine rings is 1. The monoisotopic (exact) mass is 278 g/mol. The Labute approximate surface area is 119 Å². The summed E-state index contributed by atoms with van der Waals surface area (Å²) >= 11 is 0. The van der Waals surface area contributed by atoms with Gasteiger partial charge in [0.1, 0.15) is 6.04 Å². The van der Waals surface area contributed by atoms with Gasteiger partial charge in [-0.3, -0.25) is 14.7 Å². The Morgan fingerprint density at radius 1 is 1.65 bits per heavy atom. The van der Waals surface area contributed by atoms with Gasteiger partial charge in [-0.05, 0) is 18.6 Å². The van der Waals surface area contributed by atoms with Crippen LogP contribution >= 0.6 is 0 Å². The average molecular weight is 278 g/mol. The standard InChI is InChI=1S/C14H22N4O2/c1-2-16-14(19)13-10-20-7-6-18(13)9-11-4-3-5-17-12(11)8-15/h3-5,13H,2,6-10,15H2,1H3,(H,16,19).